The third kappa shape index (κ3) is 1.59. The zero-order chi connectivity index (χ0) is 10.1. The summed E-state index contributed by atoms with van der Waals surface area (Å²) in [6.45, 7) is 0.715. The standard InChI is InChI=1S/C9H10BrN3O/c10-7-4-3-6(11)9(12-7)13-5-1-2-8(13)14/h3-4H,1-2,5,11H2. The SMILES string of the molecule is Nc1ccc(Br)nc1N1CCCC1=O. The van der Waals surface area contributed by atoms with Gasteiger partial charge in [-0.2, -0.15) is 0 Å². The minimum atomic E-state index is 0.0994. The summed E-state index contributed by atoms with van der Waals surface area (Å²) in [5.41, 5.74) is 6.30. The van der Waals surface area contributed by atoms with E-state index in [0.717, 1.165) is 6.42 Å². The average molecular weight is 256 g/mol. The Kier molecular flexibility index (Phi) is 2.41. The van der Waals surface area contributed by atoms with Crippen molar-refractivity contribution in [1.29, 1.82) is 0 Å². The summed E-state index contributed by atoms with van der Waals surface area (Å²) in [6.07, 6.45) is 1.47. The predicted molar refractivity (Wildman–Crippen MR) is 57.9 cm³/mol. The lowest BCUT2D eigenvalue weighted by Gasteiger charge is -2.16. The van der Waals surface area contributed by atoms with Gasteiger partial charge in [-0.15, -0.1) is 0 Å². The van der Waals surface area contributed by atoms with Gasteiger partial charge in [0.15, 0.2) is 5.82 Å². The van der Waals surface area contributed by atoms with Crippen LogP contribution in [0.4, 0.5) is 11.5 Å². The normalized spacial score (nSPS) is 16.4. The van der Waals surface area contributed by atoms with E-state index in [9.17, 15) is 4.79 Å². The second-order valence-electron chi connectivity index (χ2n) is 3.20. The number of rotatable bonds is 1. The van der Waals surface area contributed by atoms with Gasteiger partial charge in [-0.3, -0.25) is 9.69 Å². The van der Waals surface area contributed by atoms with E-state index in [1.54, 1.807) is 17.0 Å². The van der Waals surface area contributed by atoms with Crippen LogP contribution in [0.15, 0.2) is 16.7 Å². The molecule has 1 fully saturated rings. The molecule has 1 aliphatic heterocycles. The predicted octanol–water partition coefficient (Wildman–Crippen LogP) is 1.55. The van der Waals surface area contributed by atoms with Crippen molar-refractivity contribution in [2.45, 2.75) is 12.8 Å². The van der Waals surface area contributed by atoms with Gasteiger partial charge in [-0.05, 0) is 34.5 Å². The van der Waals surface area contributed by atoms with Crippen LogP contribution < -0.4 is 10.6 Å². The molecule has 0 radical (unpaired) electrons. The third-order valence-electron chi connectivity index (χ3n) is 2.20. The van der Waals surface area contributed by atoms with E-state index >= 15 is 0 Å². The highest BCUT2D eigenvalue weighted by Gasteiger charge is 2.24. The highest BCUT2D eigenvalue weighted by Crippen LogP contribution is 2.26. The fourth-order valence-corrected chi connectivity index (χ4v) is 1.82. The Bertz CT molecular complexity index is 380. The lowest BCUT2D eigenvalue weighted by Crippen LogP contribution is -2.25. The number of nitrogens with two attached hydrogens (primary N) is 1. The van der Waals surface area contributed by atoms with Crippen LogP contribution in [-0.4, -0.2) is 17.4 Å². The molecule has 1 aliphatic rings. The van der Waals surface area contributed by atoms with Gasteiger partial charge in [0.05, 0.1) is 5.69 Å². The lowest BCUT2D eigenvalue weighted by atomic mass is 10.3. The van der Waals surface area contributed by atoms with Gasteiger partial charge in [0.25, 0.3) is 0 Å². The Hall–Kier alpha value is -1.10. The van der Waals surface area contributed by atoms with Crippen molar-refractivity contribution in [3.05, 3.63) is 16.7 Å². The summed E-state index contributed by atoms with van der Waals surface area (Å²) in [5, 5.41) is 0. The van der Waals surface area contributed by atoms with Gasteiger partial charge < -0.3 is 5.73 Å². The maximum Gasteiger partial charge on any atom is 0.228 e. The highest BCUT2D eigenvalue weighted by molar-refractivity contribution is 9.10. The second-order valence-corrected chi connectivity index (χ2v) is 4.01. The van der Waals surface area contributed by atoms with Crippen LogP contribution >= 0.6 is 15.9 Å². The van der Waals surface area contributed by atoms with Crippen molar-refractivity contribution in [3.8, 4) is 0 Å². The van der Waals surface area contributed by atoms with Gasteiger partial charge in [-0.1, -0.05) is 0 Å². The number of carbonyl (C=O) groups excluding carboxylic acids is 1. The molecule has 0 saturated carbocycles. The molecule has 0 unspecified atom stereocenters. The molecule has 14 heavy (non-hydrogen) atoms. The molecule has 1 aromatic rings. The van der Waals surface area contributed by atoms with E-state index < -0.39 is 0 Å². The van der Waals surface area contributed by atoms with Gasteiger partial charge in [-0.25, -0.2) is 4.98 Å². The molecule has 0 aliphatic carbocycles. The van der Waals surface area contributed by atoms with E-state index in [0.29, 0.717) is 29.1 Å². The number of aromatic nitrogens is 1. The van der Waals surface area contributed by atoms with Gasteiger partial charge in [0, 0.05) is 13.0 Å². The van der Waals surface area contributed by atoms with Crippen LogP contribution in [0.5, 0.6) is 0 Å². The first-order chi connectivity index (χ1) is 6.68. The number of nitrogen functional groups attached to an aromatic ring is 1. The van der Waals surface area contributed by atoms with Gasteiger partial charge in [0.2, 0.25) is 5.91 Å². The van der Waals surface area contributed by atoms with Crippen molar-refractivity contribution in [1.82, 2.24) is 4.98 Å². The molecule has 1 amide bonds. The van der Waals surface area contributed by atoms with Crippen molar-refractivity contribution < 1.29 is 4.79 Å². The maximum atomic E-state index is 11.5. The summed E-state index contributed by atoms with van der Waals surface area (Å²) in [6, 6.07) is 3.51. The molecule has 2 N–H and O–H groups in total. The Morgan fingerprint density at radius 2 is 2.29 bits per heavy atom. The second kappa shape index (κ2) is 3.57. The number of hydrogen-bond acceptors (Lipinski definition) is 3. The minimum Gasteiger partial charge on any atom is -0.396 e. The fourth-order valence-electron chi connectivity index (χ4n) is 1.52. The zero-order valence-corrected chi connectivity index (χ0v) is 9.12. The van der Waals surface area contributed by atoms with Gasteiger partial charge >= 0.3 is 0 Å². The summed E-state index contributed by atoms with van der Waals surface area (Å²) < 4.78 is 0.696. The quantitative estimate of drug-likeness (QED) is 0.775. The van der Waals surface area contributed by atoms with Crippen LogP contribution in [0.2, 0.25) is 0 Å². The number of amides is 1. The number of nitrogens with zero attached hydrogens (tertiary/aromatic N) is 2. The molecule has 1 aromatic heterocycles. The fraction of sp³-hybridized carbons (Fsp3) is 0.333. The molecule has 5 heteroatoms. The molecule has 0 atom stereocenters. The van der Waals surface area contributed by atoms with Crippen molar-refractivity contribution in [2.24, 2.45) is 0 Å². The zero-order valence-electron chi connectivity index (χ0n) is 7.53. The monoisotopic (exact) mass is 255 g/mol. The lowest BCUT2D eigenvalue weighted by molar-refractivity contribution is -0.117. The largest absolute Gasteiger partial charge is 0.396 e. The molecule has 2 heterocycles. The molecule has 2 rings (SSSR count). The Morgan fingerprint density at radius 3 is 2.93 bits per heavy atom. The van der Waals surface area contributed by atoms with Crippen LogP contribution in [0, 0.1) is 0 Å². The molecular weight excluding hydrogens is 246 g/mol. The summed E-state index contributed by atoms with van der Waals surface area (Å²) in [7, 11) is 0. The minimum absolute atomic E-state index is 0.0994. The van der Waals surface area contributed by atoms with E-state index in [2.05, 4.69) is 20.9 Å². The number of anilines is 2. The van der Waals surface area contributed by atoms with Crippen LogP contribution in [0.1, 0.15) is 12.8 Å². The van der Waals surface area contributed by atoms with Crippen LogP contribution in [0.3, 0.4) is 0 Å². The molecule has 74 valence electrons. The Balaban J connectivity index is 2.39. The number of carbonyl (C=O) groups is 1. The molecule has 0 bridgehead atoms. The van der Waals surface area contributed by atoms with Crippen LogP contribution in [-0.2, 0) is 4.79 Å². The van der Waals surface area contributed by atoms with E-state index in [4.69, 9.17) is 5.73 Å². The highest BCUT2D eigenvalue weighted by atomic mass is 79.9. The Labute approximate surface area is 90.2 Å². The van der Waals surface area contributed by atoms with Crippen LogP contribution in [0.25, 0.3) is 0 Å². The smallest absolute Gasteiger partial charge is 0.228 e. The maximum absolute atomic E-state index is 11.5. The summed E-state index contributed by atoms with van der Waals surface area (Å²) >= 11 is 3.26. The molecular formula is C9H10BrN3O. The number of pyridine rings is 1. The summed E-state index contributed by atoms with van der Waals surface area (Å²) in [5.74, 6) is 0.671. The van der Waals surface area contributed by atoms with E-state index in [1.807, 2.05) is 0 Å². The van der Waals surface area contributed by atoms with Gasteiger partial charge in [0.1, 0.15) is 4.60 Å². The van der Waals surface area contributed by atoms with Crippen molar-refractivity contribution in [2.75, 3.05) is 17.2 Å². The number of halogens is 1. The van der Waals surface area contributed by atoms with Crippen molar-refractivity contribution in [3.63, 3.8) is 0 Å². The molecule has 1 saturated heterocycles. The molecule has 4 nitrogen and oxygen atoms in total. The first-order valence-electron chi connectivity index (χ1n) is 4.41. The Morgan fingerprint density at radius 1 is 1.50 bits per heavy atom. The van der Waals surface area contributed by atoms with Crippen molar-refractivity contribution >= 4 is 33.3 Å². The first kappa shape index (κ1) is 9.45. The first-order valence-corrected chi connectivity index (χ1v) is 5.20. The molecule has 0 spiro atoms. The average Bonchev–Trinajstić information content (AvgIpc) is 2.56. The molecule has 0 aromatic carbocycles. The third-order valence-corrected chi connectivity index (χ3v) is 2.64. The summed E-state index contributed by atoms with van der Waals surface area (Å²) in [4.78, 5) is 17.3. The topological polar surface area (TPSA) is 59.2 Å². The van der Waals surface area contributed by atoms with E-state index in [-0.39, 0.29) is 5.91 Å². The number of hydrogen-bond donors (Lipinski definition) is 1. The van der Waals surface area contributed by atoms with E-state index in [1.165, 1.54) is 0 Å².